The minimum Gasteiger partial charge on any atom is -0.382 e. The summed E-state index contributed by atoms with van der Waals surface area (Å²) in [5, 5.41) is 7.69. The van der Waals surface area contributed by atoms with Gasteiger partial charge in [0.15, 0.2) is 0 Å². The molecule has 2 heterocycles. The third-order valence-corrected chi connectivity index (χ3v) is 2.07. The first-order valence-electron chi connectivity index (χ1n) is 3.70. The molecule has 2 rings (SSSR count). The molecule has 2 aromatic heterocycles. The van der Waals surface area contributed by atoms with Gasteiger partial charge in [0.1, 0.15) is 11.5 Å². The summed E-state index contributed by atoms with van der Waals surface area (Å²) in [5.74, 6) is 0.425. The van der Waals surface area contributed by atoms with Gasteiger partial charge in [-0.3, -0.25) is 0 Å². The lowest BCUT2D eigenvalue weighted by Crippen LogP contribution is -1.93. The molecule has 5 heteroatoms. The van der Waals surface area contributed by atoms with Crippen LogP contribution in [0.2, 0.25) is 0 Å². The maximum Gasteiger partial charge on any atom is 0.146 e. The second-order valence-corrected chi connectivity index (χ2v) is 3.42. The van der Waals surface area contributed by atoms with Crippen molar-refractivity contribution in [2.24, 2.45) is 0 Å². The first kappa shape index (κ1) is 8.25. The predicted octanol–water partition coefficient (Wildman–Crippen LogP) is 1.82. The summed E-state index contributed by atoms with van der Waals surface area (Å²) in [7, 11) is 0. The zero-order chi connectivity index (χ0) is 9.26. The zero-order valence-electron chi connectivity index (χ0n) is 6.66. The van der Waals surface area contributed by atoms with Crippen molar-refractivity contribution in [1.29, 1.82) is 0 Å². The van der Waals surface area contributed by atoms with Gasteiger partial charge >= 0.3 is 0 Å². The Hall–Kier alpha value is -1.36. The molecule has 13 heavy (non-hydrogen) atoms. The van der Waals surface area contributed by atoms with E-state index in [1.165, 1.54) is 0 Å². The second kappa shape index (κ2) is 3.18. The first-order valence-corrected chi connectivity index (χ1v) is 4.49. The average Bonchev–Trinajstić information content (AvgIpc) is 2.53. The monoisotopic (exact) mass is 238 g/mol. The topological polar surface area (TPSA) is 67.6 Å². The summed E-state index contributed by atoms with van der Waals surface area (Å²) >= 11 is 3.32. The molecule has 0 aliphatic heterocycles. The highest BCUT2D eigenvalue weighted by Crippen LogP contribution is 2.18. The molecule has 0 amide bonds. The molecule has 0 atom stereocenters. The molecule has 0 radical (unpaired) electrons. The molecule has 0 spiro atoms. The normalized spacial score (nSPS) is 10.2. The Morgan fingerprint density at radius 2 is 2.00 bits per heavy atom. The van der Waals surface area contributed by atoms with Gasteiger partial charge in [0.2, 0.25) is 0 Å². The number of nitrogen functional groups attached to an aromatic ring is 1. The lowest BCUT2D eigenvalue weighted by molar-refractivity contribution is 1.04. The fraction of sp³-hybridized carbons (Fsp3) is 0. The van der Waals surface area contributed by atoms with Crippen LogP contribution in [0.4, 0.5) is 5.82 Å². The SMILES string of the molecule is Nc1ccc(-c2ccc(Br)[nH]2)nn1. The van der Waals surface area contributed by atoms with Gasteiger partial charge in [-0.15, -0.1) is 10.2 Å². The molecular formula is C8H7BrN4. The van der Waals surface area contributed by atoms with E-state index >= 15 is 0 Å². The van der Waals surface area contributed by atoms with Crippen LogP contribution >= 0.6 is 15.9 Å². The predicted molar refractivity (Wildman–Crippen MR) is 53.9 cm³/mol. The van der Waals surface area contributed by atoms with E-state index in [9.17, 15) is 0 Å². The Bertz CT molecular complexity index is 406. The van der Waals surface area contributed by atoms with Crippen molar-refractivity contribution in [1.82, 2.24) is 15.2 Å². The van der Waals surface area contributed by atoms with Crippen molar-refractivity contribution in [2.75, 3.05) is 5.73 Å². The Labute approximate surface area is 83.3 Å². The molecule has 0 aliphatic rings. The fourth-order valence-electron chi connectivity index (χ4n) is 1.00. The van der Waals surface area contributed by atoms with Gasteiger partial charge in [0.05, 0.1) is 10.3 Å². The third kappa shape index (κ3) is 1.70. The Balaban J connectivity index is 2.41. The van der Waals surface area contributed by atoms with Gasteiger partial charge in [-0.05, 0) is 40.2 Å². The Kier molecular flexibility index (Phi) is 2.02. The van der Waals surface area contributed by atoms with E-state index < -0.39 is 0 Å². The molecule has 3 N–H and O–H groups in total. The van der Waals surface area contributed by atoms with E-state index in [0.29, 0.717) is 5.82 Å². The third-order valence-electron chi connectivity index (χ3n) is 1.61. The minimum absolute atomic E-state index is 0.425. The van der Waals surface area contributed by atoms with Crippen LogP contribution in [0.1, 0.15) is 0 Å². The van der Waals surface area contributed by atoms with Gasteiger partial charge in [-0.1, -0.05) is 0 Å². The van der Waals surface area contributed by atoms with E-state index in [4.69, 9.17) is 5.73 Å². The highest BCUT2D eigenvalue weighted by atomic mass is 79.9. The van der Waals surface area contributed by atoms with Crippen LogP contribution in [0.25, 0.3) is 11.4 Å². The molecule has 0 fully saturated rings. The van der Waals surface area contributed by atoms with Gasteiger partial charge in [-0.2, -0.15) is 0 Å². The van der Waals surface area contributed by atoms with Gasteiger partial charge < -0.3 is 10.7 Å². The largest absolute Gasteiger partial charge is 0.382 e. The van der Waals surface area contributed by atoms with E-state index in [0.717, 1.165) is 16.0 Å². The molecule has 0 bridgehead atoms. The second-order valence-electron chi connectivity index (χ2n) is 2.56. The van der Waals surface area contributed by atoms with Crippen molar-refractivity contribution in [3.8, 4) is 11.4 Å². The highest BCUT2D eigenvalue weighted by molar-refractivity contribution is 9.10. The molecular weight excluding hydrogens is 232 g/mol. The number of halogens is 1. The summed E-state index contributed by atoms with van der Waals surface area (Å²) in [6, 6.07) is 7.37. The van der Waals surface area contributed by atoms with Crippen LogP contribution in [-0.2, 0) is 0 Å². The van der Waals surface area contributed by atoms with E-state index in [1.807, 2.05) is 18.2 Å². The maximum atomic E-state index is 5.42. The number of H-pyrrole nitrogens is 1. The maximum absolute atomic E-state index is 5.42. The van der Waals surface area contributed by atoms with E-state index in [1.54, 1.807) is 6.07 Å². The lowest BCUT2D eigenvalue weighted by Gasteiger charge is -1.95. The van der Waals surface area contributed by atoms with Crippen LogP contribution in [0.15, 0.2) is 28.9 Å². The average molecular weight is 239 g/mol. The molecule has 0 aliphatic carbocycles. The van der Waals surface area contributed by atoms with Crippen molar-refractivity contribution < 1.29 is 0 Å². The van der Waals surface area contributed by atoms with Crippen LogP contribution in [0.5, 0.6) is 0 Å². The quantitative estimate of drug-likeness (QED) is 0.797. The first-order chi connectivity index (χ1) is 6.25. The van der Waals surface area contributed by atoms with Crippen LogP contribution < -0.4 is 5.73 Å². The molecule has 4 nitrogen and oxygen atoms in total. The highest BCUT2D eigenvalue weighted by Gasteiger charge is 2.01. The van der Waals surface area contributed by atoms with Crippen LogP contribution in [0, 0.1) is 0 Å². The van der Waals surface area contributed by atoms with E-state index in [-0.39, 0.29) is 0 Å². The number of hydrogen-bond donors (Lipinski definition) is 2. The number of nitrogens with zero attached hydrogens (tertiary/aromatic N) is 2. The summed E-state index contributed by atoms with van der Waals surface area (Å²) in [6.07, 6.45) is 0. The molecule has 0 unspecified atom stereocenters. The van der Waals surface area contributed by atoms with Crippen molar-refractivity contribution in [3.05, 3.63) is 28.9 Å². The molecule has 2 aromatic rings. The summed E-state index contributed by atoms with van der Waals surface area (Å²) < 4.78 is 0.918. The van der Waals surface area contributed by atoms with Crippen molar-refractivity contribution in [2.45, 2.75) is 0 Å². The number of rotatable bonds is 1. The number of anilines is 1. The smallest absolute Gasteiger partial charge is 0.146 e. The Morgan fingerprint density at radius 1 is 1.15 bits per heavy atom. The number of nitrogens with one attached hydrogen (secondary N) is 1. The molecule has 0 aromatic carbocycles. The number of aromatic nitrogens is 3. The summed E-state index contributed by atoms with van der Waals surface area (Å²) in [5.41, 5.74) is 7.11. The van der Waals surface area contributed by atoms with Crippen LogP contribution in [-0.4, -0.2) is 15.2 Å². The fourth-order valence-corrected chi connectivity index (χ4v) is 1.35. The van der Waals surface area contributed by atoms with Gasteiger partial charge in [0.25, 0.3) is 0 Å². The lowest BCUT2D eigenvalue weighted by atomic mass is 10.3. The minimum atomic E-state index is 0.425. The molecule has 66 valence electrons. The van der Waals surface area contributed by atoms with Gasteiger partial charge in [0, 0.05) is 0 Å². The van der Waals surface area contributed by atoms with Crippen LogP contribution in [0.3, 0.4) is 0 Å². The number of aromatic amines is 1. The number of hydrogen-bond acceptors (Lipinski definition) is 3. The Morgan fingerprint density at radius 3 is 2.54 bits per heavy atom. The molecule has 0 saturated carbocycles. The van der Waals surface area contributed by atoms with Gasteiger partial charge in [-0.25, -0.2) is 0 Å². The zero-order valence-corrected chi connectivity index (χ0v) is 8.25. The van der Waals surface area contributed by atoms with Crippen molar-refractivity contribution >= 4 is 21.7 Å². The standard InChI is InChI=1S/C8H7BrN4/c9-7-3-1-5(11-7)6-2-4-8(10)13-12-6/h1-4,11H,(H2,10,13). The summed E-state index contributed by atoms with van der Waals surface area (Å²) in [6.45, 7) is 0. The number of nitrogens with two attached hydrogens (primary N) is 1. The van der Waals surface area contributed by atoms with Crippen molar-refractivity contribution in [3.63, 3.8) is 0 Å². The summed E-state index contributed by atoms with van der Waals surface area (Å²) in [4.78, 5) is 3.09. The molecule has 0 saturated heterocycles. The van der Waals surface area contributed by atoms with E-state index in [2.05, 4.69) is 31.1 Å².